The molecule has 2 N–H and O–H groups in total. The number of rotatable bonds is 3. The van der Waals surface area contributed by atoms with Crippen molar-refractivity contribution in [2.24, 2.45) is 0 Å². The summed E-state index contributed by atoms with van der Waals surface area (Å²) in [6.07, 6.45) is 0.359. The fourth-order valence-corrected chi connectivity index (χ4v) is 2.40. The number of benzene rings is 1. The molecule has 0 spiro atoms. The minimum atomic E-state index is -0.520. The van der Waals surface area contributed by atoms with Crippen molar-refractivity contribution in [3.05, 3.63) is 24.3 Å². The Hall–Kier alpha value is -2.44. The van der Waals surface area contributed by atoms with E-state index in [9.17, 15) is 9.59 Å². The predicted octanol–water partition coefficient (Wildman–Crippen LogP) is 2.83. The lowest BCUT2D eigenvalue weighted by molar-refractivity contribution is 0.0291. The second kappa shape index (κ2) is 7.42. The minimum Gasteiger partial charge on any atom is -0.497 e. The predicted molar refractivity (Wildman–Crippen MR) is 91.4 cm³/mol. The Balaban J connectivity index is 1.79. The van der Waals surface area contributed by atoms with E-state index in [0.29, 0.717) is 25.2 Å². The van der Waals surface area contributed by atoms with Gasteiger partial charge in [-0.1, -0.05) is 0 Å². The van der Waals surface area contributed by atoms with Gasteiger partial charge in [-0.3, -0.25) is 0 Å². The molecule has 1 atom stereocenters. The first kappa shape index (κ1) is 17.9. The summed E-state index contributed by atoms with van der Waals surface area (Å²) in [5, 5.41) is 5.64. The lowest BCUT2D eigenvalue weighted by Crippen LogP contribution is -2.41. The van der Waals surface area contributed by atoms with Crippen LogP contribution in [0.2, 0.25) is 0 Å². The van der Waals surface area contributed by atoms with Gasteiger partial charge in [0.2, 0.25) is 0 Å². The molecule has 0 bridgehead atoms. The Morgan fingerprint density at radius 1 is 1.21 bits per heavy atom. The standard InChI is InChI=1S/C17H25N3O4/c1-17(2,3)24-16(22)20-10-9-13(11-20)19-15(21)18-12-5-7-14(23-4)8-6-12/h5-8,13H,9-11H2,1-4H3,(H2,18,19,21)/t13-/m0/s1. The van der Waals surface area contributed by atoms with Gasteiger partial charge in [0.15, 0.2) is 0 Å². The Kier molecular flexibility index (Phi) is 5.54. The van der Waals surface area contributed by atoms with E-state index >= 15 is 0 Å². The van der Waals surface area contributed by atoms with Gasteiger partial charge in [-0.2, -0.15) is 0 Å². The molecule has 24 heavy (non-hydrogen) atoms. The Labute approximate surface area is 142 Å². The maximum absolute atomic E-state index is 12.0. The molecule has 1 saturated heterocycles. The highest BCUT2D eigenvalue weighted by atomic mass is 16.6. The lowest BCUT2D eigenvalue weighted by Gasteiger charge is -2.24. The van der Waals surface area contributed by atoms with E-state index in [2.05, 4.69) is 10.6 Å². The molecule has 1 fully saturated rings. The zero-order valence-electron chi connectivity index (χ0n) is 14.6. The molecule has 7 nitrogen and oxygen atoms in total. The Bertz CT molecular complexity index is 580. The van der Waals surface area contributed by atoms with Gasteiger partial charge in [0.1, 0.15) is 11.4 Å². The summed E-state index contributed by atoms with van der Waals surface area (Å²) in [5.41, 5.74) is 0.157. The van der Waals surface area contributed by atoms with Crippen LogP contribution in [0.25, 0.3) is 0 Å². The van der Waals surface area contributed by atoms with Crippen LogP contribution in [0.5, 0.6) is 5.75 Å². The van der Waals surface area contributed by atoms with E-state index in [1.54, 1.807) is 36.3 Å². The molecule has 7 heteroatoms. The third-order valence-corrected chi connectivity index (χ3v) is 3.52. The van der Waals surface area contributed by atoms with Crippen LogP contribution in [-0.4, -0.2) is 48.9 Å². The number of amides is 3. The maximum atomic E-state index is 12.0. The fraction of sp³-hybridized carbons (Fsp3) is 0.529. The third-order valence-electron chi connectivity index (χ3n) is 3.52. The average Bonchev–Trinajstić information content (AvgIpc) is 2.95. The van der Waals surface area contributed by atoms with Gasteiger partial charge in [-0.05, 0) is 51.5 Å². The minimum absolute atomic E-state index is 0.0873. The second-order valence-electron chi connectivity index (χ2n) is 6.74. The van der Waals surface area contributed by atoms with E-state index in [1.165, 1.54) is 0 Å². The molecule has 0 saturated carbocycles. The first-order chi connectivity index (χ1) is 11.3. The normalized spacial score (nSPS) is 17.3. The summed E-state index contributed by atoms with van der Waals surface area (Å²) in [6.45, 7) is 6.52. The van der Waals surface area contributed by atoms with Crippen molar-refractivity contribution in [3.8, 4) is 5.75 Å². The van der Waals surface area contributed by atoms with Gasteiger partial charge in [0.05, 0.1) is 7.11 Å². The number of carbonyl (C=O) groups excluding carboxylic acids is 2. The van der Waals surface area contributed by atoms with E-state index in [-0.39, 0.29) is 18.2 Å². The van der Waals surface area contributed by atoms with Crippen molar-refractivity contribution in [3.63, 3.8) is 0 Å². The lowest BCUT2D eigenvalue weighted by atomic mass is 10.2. The molecule has 1 aromatic rings. The first-order valence-electron chi connectivity index (χ1n) is 7.96. The molecule has 0 aliphatic carbocycles. The molecule has 3 amide bonds. The number of nitrogens with zero attached hydrogens (tertiary/aromatic N) is 1. The highest BCUT2D eigenvalue weighted by Crippen LogP contribution is 2.17. The number of nitrogens with one attached hydrogen (secondary N) is 2. The monoisotopic (exact) mass is 335 g/mol. The number of urea groups is 1. The van der Waals surface area contributed by atoms with Crippen LogP contribution in [0.3, 0.4) is 0 Å². The number of carbonyl (C=O) groups is 2. The van der Waals surface area contributed by atoms with E-state index in [4.69, 9.17) is 9.47 Å². The molecular weight excluding hydrogens is 310 g/mol. The Morgan fingerprint density at radius 3 is 2.46 bits per heavy atom. The van der Waals surface area contributed by atoms with Crippen molar-refractivity contribution >= 4 is 17.8 Å². The fourth-order valence-electron chi connectivity index (χ4n) is 2.40. The van der Waals surface area contributed by atoms with Gasteiger partial charge in [-0.25, -0.2) is 9.59 Å². The third kappa shape index (κ3) is 5.33. The highest BCUT2D eigenvalue weighted by Gasteiger charge is 2.30. The molecule has 132 valence electrons. The first-order valence-corrected chi connectivity index (χ1v) is 7.96. The average molecular weight is 335 g/mol. The number of hydrogen-bond donors (Lipinski definition) is 2. The maximum Gasteiger partial charge on any atom is 0.410 e. The topological polar surface area (TPSA) is 79.9 Å². The van der Waals surface area contributed by atoms with Crippen LogP contribution in [0.4, 0.5) is 15.3 Å². The quantitative estimate of drug-likeness (QED) is 0.890. The van der Waals surface area contributed by atoms with Crippen LogP contribution >= 0.6 is 0 Å². The van der Waals surface area contributed by atoms with Crippen LogP contribution in [-0.2, 0) is 4.74 Å². The summed E-state index contributed by atoms with van der Waals surface area (Å²) in [5.74, 6) is 0.727. The largest absolute Gasteiger partial charge is 0.497 e. The molecule has 1 aliphatic rings. The van der Waals surface area contributed by atoms with Gasteiger partial charge in [-0.15, -0.1) is 0 Å². The number of hydrogen-bond acceptors (Lipinski definition) is 4. The number of methoxy groups -OCH3 is 1. The van der Waals surface area contributed by atoms with Gasteiger partial charge < -0.3 is 25.0 Å². The molecule has 1 aliphatic heterocycles. The van der Waals surface area contributed by atoms with Crippen molar-refractivity contribution in [2.75, 3.05) is 25.5 Å². The molecule has 1 heterocycles. The van der Waals surface area contributed by atoms with Gasteiger partial charge in [0.25, 0.3) is 0 Å². The zero-order chi connectivity index (χ0) is 17.7. The molecule has 0 aromatic heterocycles. The van der Waals surface area contributed by atoms with Gasteiger partial charge in [0, 0.05) is 24.8 Å². The number of likely N-dealkylation sites (tertiary alicyclic amines) is 1. The number of anilines is 1. The summed E-state index contributed by atoms with van der Waals surface area (Å²) in [4.78, 5) is 25.7. The zero-order valence-corrected chi connectivity index (χ0v) is 14.6. The van der Waals surface area contributed by atoms with E-state index in [1.807, 2.05) is 20.8 Å². The highest BCUT2D eigenvalue weighted by molar-refractivity contribution is 5.89. The van der Waals surface area contributed by atoms with Crippen molar-refractivity contribution < 1.29 is 19.1 Å². The summed E-state index contributed by atoms with van der Waals surface area (Å²) in [6, 6.07) is 6.69. The summed E-state index contributed by atoms with van der Waals surface area (Å²) < 4.78 is 10.4. The van der Waals surface area contributed by atoms with Crippen molar-refractivity contribution in [1.29, 1.82) is 0 Å². The molecule has 0 radical (unpaired) electrons. The molecule has 2 rings (SSSR count). The van der Waals surface area contributed by atoms with Crippen molar-refractivity contribution in [1.82, 2.24) is 10.2 Å². The number of ether oxygens (including phenoxy) is 2. The Morgan fingerprint density at radius 2 is 1.88 bits per heavy atom. The molecular formula is C17H25N3O4. The van der Waals surface area contributed by atoms with Crippen LogP contribution in [0.15, 0.2) is 24.3 Å². The van der Waals surface area contributed by atoms with Crippen LogP contribution in [0.1, 0.15) is 27.2 Å². The van der Waals surface area contributed by atoms with Crippen molar-refractivity contribution in [2.45, 2.75) is 38.8 Å². The second-order valence-corrected chi connectivity index (χ2v) is 6.74. The van der Waals surface area contributed by atoms with Gasteiger partial charge >= 0.3 is 12.1 Å². The summed E-state index contributed by atoms with van der Waals surface area (Å²) >= 11 is 0. The SMILES string of the molecule is COc1ccc(NC(=O)N[C@H]2CCN(C(=O)OC(C)(C)C)C2)cc1. The van der Waals surface area contributed by atoms with Crippen LogP contribution < -0.4 is 15.4 Å². The molecule has 1 aromatic carbocycles. The van der Waals surface area contributed by atoms with E-state index in [0.717, 1.165) is 5.75 Å². The summed E-state index contributed by atoms with van der Waals surface area (Å²) in [7, 11) is 1.59. The van der Waals surface area contributed by atoms with E-state index < -0.39 is 5.60 Å². The smallest absolute Gasteiger partial charge is 0.410 e. The molecule has 0 unspecified atom stereocenters. The van der Waals surface area contributed by atoms with Crippen LogP contribution in [0, 0.1) is 0 Å².